The van der Waals surface area contributed by atoms with Crippen LogP contribution in [0, 0.1) is 10.1 Å². The molecule has 0 bridgehead atoms. The number of benzene rings is 2. The predicted octanol–water partition coefficient (Wildman–Crippen LogP) is 3.09. The van der Waals surface area contributed by atoms with Gasteiger partial charge in [-0.05, 0) is 36.4 Å². The third-order valence-corrected chi connectivity index (χ3v) is 2.84. The van der Waals surface area contributed by atoms with Crippen molar-refractivity contribution in [3.8, 4) is 11.5 Å². The highest BCUT2D eigenvalue weighted by Gasteiger charge is 2.03. The first-order valence-electron chi connectivity index (χ1n) is 6.44. The lowest BCUT2D eigenvalue weighted by Gasteiger charge is -2.09. The molecule has 2 aromatic rings. The molecule has 0 spiro atoms. The number of nitro groups is 1. The van der Waals surface area contributed by atoms with Gasteiger partial charge in [0.2, 0.25) is 0 Å². The molecule has 1 N–H and O–H groups in total. The SMILES string of the molecule is COc1ccc(OCCNc2ccc([N+](=O)[O-])cc2)cc1. The minimum Gasteiger partial charge on any atom is -0.497 e. The van der Waals surface area contributed by atoms with Gasteiger partial charge in [0.1, 0.15) is 18.1 Å². The molecular weight excluding hydrogens is 272 g/mol. The number of nitrogens with one attached hydrogen (secondary N) is 1. The molecule has 0 aliphatic carbocycles. The van der Waals surface area contributed by atoms with Crippen LogP contribution in [0.1, 0.15) is 0 Å². The van der Waals surface area contributed by atoms with E-state index in [0.717, 1.165) is 17.2 Å². The van der Waals surface area contributed by atoms with Crippen LogP contribution in [0.3, 0.4) is 0 Å². The van der Waals surface area contributed by atoms with E-state index in [0.29, 0.717) is 13.2 Å². The predicted molar refractivity (Wildman–Crippen MR) is 80.1 cm³/mol. The van der Waals surface area contributed by atoms with E-state index < -0.39 is 4.92 Å². The number of rotatable bonds is 7. The van der Waals surface area contributed by atoms with E-state index in [2.05, 4.69) is 5.32 Å². The van der Waals surface area contributed by atoms with Crippen LogP contribution in [-0.4, -0.2) is 25.2 Å². The lowest BCUT2D eigenvalue weighted by Crippen LogP contribution is -2.11. The summed E-state index contributed by atoms with van der Waals surface area (Å²) in [7, 11) is 1.62. The Hall–Kier alpha value is -2.76. The molecule has 6 nitrogen and oxygen atoms in total. The standard InChI is InChI=1S/C15H16N2O4/c1-20-14-6-8-15(9-7-14)21-11-10-16-12-2-4-13(5-3-12)17(18)19/h2-9,16H,10-11H2,1H3. The van der Waals surface area contributed by atoms with Crippen molar-refractivity contribution in [1.29, 1.82) is 0 Å². The average molecular weight is 288 g/mol. The van der Waals surface area contributed by atoms with Gasteiger partial charge in [0.25, 0.3) is 5.69 Å². The van der Waals surface area contributed by atoms with E-state index in [-0.39, 0.29) is 5.69 Å². The Morgan fingerprint density at radius 1 is 1.05 bits per heavy atom. The zero-order valence-electron chi connectivity index (χ0n) is 11.6. The maximum absolute atomic E-state index is 10.5. The summed E-state index contributed by atoms with van der Waals surface area (Å²) < 4.78 is 10.6. The molecule has 0 radical (unpaired) electrons. The molecule has 0 saturated carbocycles. The molecule has 0 atom stereocenters. The van der Waals surface area contributed by atoms with Crippen molar-refractivity contribution in [2.24, 2.45) is 0 Å². The number of methoxy groups -OCH3 is 1. The summed E-state index contributed by atoms with van der Waals surface area (Å²) in [5, 5.41) is 13.7. The number of non-ortho nitro benzene ring substituents is 1. The molecule has 0 aliphatic rings. The Labute approximate surface area is 122 Å². The number of anilines is 1. The fourth-order valence-electron chi connectivity index (χ4n) is 1.74. The first-order valence-corrected chi connectivity index (χ1v) is 6.44. The van der Waals surface area contributed by atoms with E-state index in [1.54, 1.807) is 19.2 Å². The lowest BCUT2D eigenvalue weighted by molar-refractivity contribution is -0.384. The van der Waals surface area contributed by atoms with E-state index >= 15 is 0 Å². The molecule has 110 valence electrons. The van der Waals surface area contributed by atoms with Gasteiger partial charge in [0.05, 0.1) is 12.0 Å². The molecule has 0 saturated heterocycles. The van der Waals surface area contributed by atoms with Crippen molar-refractivity contribution in [3.05, 3.63) is 58.6 Å². The Morgan fingerprint density at radius 3 is 2.24 bits per heavy atom. The molecule has 0 aliphatic heterocycles. The zero-order valence-corrected chi connectivity index (χ0v) is 11.6. The van der Waals surface area contributed by atoms with Crippen LogP contribution in [0.4, 0.5) is 11.4 Å². The van der Waals surface area contributed by atoms with E-state index in [1.807, 2.05) is 24.3 Å². The highest BCUT2D eigenvalue weighted by atomic mass is 16.6. The van der Waals surface area contributed by atoms with E-state index in [4.69, 9.17) is 9.47 Å². The first kappa shape index (κ1) is 14.6. The molecule has 0 unspecified atom stereocenters. The number of nitro benzene ring substituents is 1. The minimum absolute atomic E-state index is 0.0787. The second-order valence-corrected chi connectivity index (χ2v) is 4.25. The Morgan fingerprint density at radius 2 is 1.67 bits per heavy atom. The summed E-state index contributed by atoms with van der Waals surface area (Å²) >= 11 is 0. The largest absolute Gasteiger partial charge is 0.497 e. The minimum atomic E-state index is -0.420. The van der Waals surface area contributed by atoms with Crippen molar-refractivity contribution in [3.63, 3.8) is 0 Å². The van der Waals surface area contributed by atoms with Crippen molar-refractivity contribution < 1.29 is 14.4 Å². The van der Waals surface area contributed by atoms with Gasteiger partial charge in [-0.1, -0.05) is 0 Å². The van der Waals surface area contributed by atoms with Gasteiger partial charge in [-0.2, -0.15) is 0 Å². The van der Waals surface area contributed by atoms with Gasteiger partial charge < -0.3 is 14.8 Å². The van der Waals surface area contributed by atoms with Gasteiger partial charge in [-0.15, -0.1) is 0 Å². The van der Waals surface area contributed by atoms with E-state index in [1.165, 1.54) is 12.1 Å². The molecule has 0 amide bonds. The second kappa shape index (κ2) is 7.14. The third kappa shape index (κ3) is 4.38. The number of ether oxygens (including phenoxy) is 2. The molecule has 0 aromatic heterocycles. The number of hydrogen-bond acceptors (Lipinski definition) is 5. The molecule has 2 aromatic carbocycles. The zero-order chi connectivity index (χ0) is 15.1. The van der Waals surface area contributed by atoms with Gasteiger partial charge in [0, 0.05) is 24.4 Å². The third-order valence-electron chi connectivity index (χ3n) is 2.84. The quantitative estimate of drug-likeness (QED) is 0.481. The van der Waals surface area contributed by atoms with Crippen LogP contribution in [0.15, 0.2) is 48.5 Å². The van der Waals surface area contributed by atoms with Crippen LogP contribution in [0.2, 0.25) is 0 Å². The average Bonchev–Trinajstić information content (AvgIpc) is 2.52. The molecule has 0 fully saturated rings. The van der Waals surface area contributed by atoms with Gasteiger partial charge >= 0.3 is 0 Å². The lowest BCUT2D eigenvalue weighted by atomic mass is 10.3. The van der Waals surface area contributed by atoms with Crippen LogP contribution in [0.25, 0.3) is 0 Å². The summed E-state index contributed by atoms with van der Waals surface area (Å²) in [6.45, 7) is 1.09. The summed E-state index contributed by atoms with van der Waals surface area (Å²) in [4.78, 5) is 10.1. The summed E-state index contributed by atoms with van der Waals surface area (Å²) in [6.07, 6.45) is 0. The monoisotopic (exact) mass is 288 g/mol. The van der Waals surface area contributed by atoms with Gasteiger partial charge in [-0.3, -0.25) is 10.1 Å². The fourth-order valence-corrected chi connectivity index (χ4v) is 1.74. The molecular formula is C15H16N2O4. The summed E-state index contributed by atoms with van der Waals surface area (Å²) in [5.74, 6) is 1.55. The van der Waals surface area contributed by atoms with Crippen LogP contribution >= 0.6 is 0 Å². The van der Waals surface area contributed by atoms with Crippen molar-refractivity contribution in [2.75, 3.05) is 25.6 Å². The molecule has 0 heterocycles. The first-order chi connectivity index (χ1) is 10.2. The molecule has 6 heteroatoms. The second-order valence-electron chi connectivity index (χ2n) is 4.25. The highest BCUT2D eigenvalue weighted by molar-refractivity contribution is 5.48. The van der Waals surface area contributed by atoms with Crippen LogP contribution in [0.5, 0.6) is 11.5 Å². The van der Waals surface area contributed by atoms with Gasteiger partial charge in [0.15, 0.2) is 0 Å². The summed E-state index contributed by atoms with van der Waals surface area (Å²) in [6, 6.07) is 13.6. The van der Waals surface area contributed by atoms with Crippen LogP contribution < -0.4 is 14.8 Å². The van der Waals surface area contributed by atoms with E-state index in [9.17, 15) is 10.1 Å². The summed E-state index contributed by atoms with van der Waals surface area (Å²) in [5.41, 5.74) is 0.897. The van der Waals surface area contributed by atoms with Crippen LogP contribution in [-0.2, 0) is 0 Å². The maximum Gasteiger partial charge on any atom is 0.269 e. The fraction of sp³-hybridized carbons (Fsp3) is 0.200. The molecule has 21 heavy (non-hydrogen) atoms. The topological polar surface area (TPSA) is 73.6 Å². The van der Waals surface area contributed by atoms with Gasteiger partial charge in [-0.25, -0.2) is 0 Å². The number of hydrogen-bond donors (Lipinski definition) is 1. The Kier molecular flexibility index (Phi) is 4.98. The Bertz CT molecular complexity index is 582. The highest BCUT2D eigenvalue weighted by Crippen LogP contribution is 2.17. The van der Waals surface area contributed by atoms with Crippen molar-refractivity contribution >= 4 is 11.4 Å². The van der Waals surface area contributed by atoms with Crippen molar-refractivity contribution in [1.82, 2.24) is 0 Å². The maximum atomic E-state index is 10.5. The number of nitrogens with zero attached hydrogens (tertiary/aromatic N) is 1. The normalized spacial score (nSPS) is 9.95. The van der Waals surface area contributed by atoms with Crippen molar-refractivity contribution in [2.45, 2.75) is 0 Å². The molecule has 2 rings (SSSR count). The Balaban J connectivity index is 1.74. The smallest absolute Gasteiger partial charge is 0.269 e.